The Morgan fingerprint density at radius 3 is 2.44 bits per heavy atom. The third kappa shape index (κ3) is 5.34. The van der Waals surface area contributed by atoms with Crippen molar-refractivity contribution < 1.29 is 9.53 Å². The van der Waals surface area contributed by atoms with Crippen LogP contribution < -0.4 is 15.5 Å². The summed E-state index contributed by atoms with van der Waals surface area (Å²) in [5.74, 6) is 1.55. The van der Waals surface area contributed by atoms with Gasteiger partial charge in [0, 0.05) is 23.5 Å². The first-order chi connectivity index (χ1) is 13.2. The molecule has 0 saturated carbocycles. The lowest BCUT2D eigenvalue weighted by Crippen LogP contribution is -2.19. The maximum Gasteiger partial charge on any atom is 0.271 e. The Kier molecular flexibility index (Phi) is 6.49. The standard InChI is InChI=1S/C20H22N4O2S/c1-14(23-24-19(25)16-6-10-18(26-2)11-7-16)15-4-8-17(9-5-15)22-20-21-12-3-13-27-20/h4-11H,3,12-13H2,1-2H3,(H,21,22)(H,24,25)/b23-14-. The Labute approximate surface area is 163 Å². The molecule has 1 amide bonds. The summed E-state index contributed by atoms with van der Waals surface area (Å²) in [7, 11) is 1.59. The van der Waals surface area contributed by atoms with Crippen molar-refractivity contribution in [3.05, 3.63) is 59.7 Å². The van der Waals surface area contributed by atoms with Gasteiger partial charge in [-0.2, -0.15) is 5.10 Å². The summed E-state index contributed by atoms with van der Waals surface area (Å²) in [6.45, 7) is 2.74. The smallest absolute Gasteiger partial charge is 0.271 e. The van der Waals surface area contributed by atoms with Crippen molar-refractivity contribution in [2.24, 2.45) is 10.1 Å². The first-order valence-corrected chi connectivity index (χ1v) is 9.67. The van der Waals surface area contributed by atoms with Crippen LogP contribution in [0.1, 0.15) is 29.3 Å². The zero-order valence-corrected chi connectivity index (χ0v) is 16.2. The van der Waals surface area contributed by atoms with Crippen LogP contribution in [0.15, 0.2) is 58.6 Å². The van der Waals surface area contributed by atoms with Gasteiger partial charge in [-0.3, -0.25) is 9.79 Å². The van der Waals surface area contributed by atoms with Gasteiger partial charge in [0.05, 0.1) is 12.8 Å². The van der Waals surface area contributed by atoms with E-state index in [1.165, 1.54) is 0 Å². The summed E-state index contributed by atoms with van der Waals surface area (Å²) < 4.78 is 5.09. The van der Waals surface area contributed by atoms with Gasteiger partial charge in [0.15, 0.2) is 5.17 Å². The third-order valence-electron chi connectivity index (χ3n) is 4.03. The van der Waals surface area contributed by atoms with Gasteiger partial charge in [-0.05, 0) is 55.3 Å². The van der Waals surface area contributed by atoms with Gasteiger partial charge in [-0.15, -0.1) is 0 Å². The third-order valence-corrected chi connectivity index (χ3v) is 5.03. The van der Waals surface area contributed by atoms with Gasteiger partial charge in [0.1, 0.15) is 5.75 Å². The Hall–Kier alpha value is -2.80. The highest BCUT2D eigenvalue weighted by Gasteiger charge is 2.07. The summed E-state index contributed by atoms with van der Waals surface area (Å²) in [6.07, 6.45) is 1.13. The Morgan fingerprint density at radius 2 is 1.81 bits per heavy atom. The van der Waals surface area contributed by atoms with Crippen molar-refractivity contribution in [1.29, 1.82) is 0 Å². The van der Waals surface area contributed by atoms with Crippen LogP contribution in [0.5, 0.6) is 5.75 Å². The predicted molar refractivity (Wildman–Crippen MR) is 112 cm³/mol. The lowest BCUT2D eigenvalue weighted by molar-refractivity contribution is 0.0955. The Balaban J connectivity index is 1.59. The van der Waals surface area contributed by atoms with E-state index in [9.17, 15) is 4.79 Å². The number of methoxy groups -OCH3 is 1. The maximum absolute atomic E-state index is 12.2. The van der Waals surface area contributed by atoms with Crippen LogP contribution in [0.2, 0.25) is 0 Å². The molecule has 0 radical (unpaired) electrons. The fourth-order valence-electron chi connectivity index (χ4n) is 2.46. The van der Waals surface area contributed by atoms with Crippen molar-refractivity contribution in [2.45, 2.75) is 13.3 Å². The van der Waals surface area contributed by atoms with Crippen LogP contribution in [0.25, 0.3) is 0 Å². The van der Waals surface area contributed by atoms with E-state index in [0.717, 1.165) is 40.8 Å². The molecule has 0 aliphatic carbocycles. The van der Waals surface area contributed by atoms with Gasteiger partial charge in [0.2, 0.25) is 0 Å². The van der Waals surface area contributed by atoms with E-state index in [1.54, 1.807) is 43.1 Å². The molecule has 0 spiro atoms. The van der Waals surface area contributed by atoms with Gasteiger partial charge >= 0.3 is 0 Å². The van der Waals surface area contributed by atoms with Crippen LogP contribution in [0.3, 0.4) is 0 Å². The quantitative estimate of drug-likeness (QED) is 0.610. The number of carbonyl (C=O) groups is 1. The van der Waals surface area contributed by atoms with Crippen molar-refractivity contribution in [2.75, 3.05) is 24.7 Å². The number of amides is 1. The number of hydrogen-bond donors (Lipinski definition) is 2. The second-order valence-electron chi connectivity index (χ2n) is 5.96. The van der Waals surface area contributed by atoms with E-state index in [4.69, 9.17) is 4.74 Å². The molecule has 6 nitrogen and oxygen atoms in total. The predicted octanol–water partition coefficient (Wildman–Crippen LogP) is 3.75. The SMILES string of the molecule is COc1ccc(C(=O)N/N=C(/C)c2ccc(NC3=NCCCS3)cc2)cc1. The number of carbonyl (C=O) groups excluding carboxylic acids is 1. The zero-order chi connectivity index (χ0) is 19.1. The molecule has 0 saturated heterocycles. The van der Waals surface area contributed by atoms with E-state index in [2.05, 4.69) is 20.8 Å². The average Bonchev–Trinajstić information content (AvgIpc) is 2.73. The molecule has 3 rings (SSSR count). The molecule has 27 heavy (non-hydrogen) atoms. The number of thioether (sulfide) groups is 1. The van der Waals surface area contributed by atoms with Gasteiger partial charge in [-0.25, -0.2) is 5.43 Å². The molecular formula is C20H22N4O2S. The van der Waals surface area contributed by atoms with Gasteiger partial charge in [-0.1, -0.05) is 23.9 Å². The minimum atomic E-state index is -0.261. The molecule has 0 unspecified atom stereocenters. The number of hydrazone groups is 1. The van der Waals surface area contributed by atoms with E-state index in [-0.39, 0.29) is 5.91 Å². The lowest BCUT2D eigenvalue weighted by Gasteiger charge is -2.13. The second kappa shape index (κ2) is 9.23. The Bertz CT molecular complexity index is 845. The summed E-state index contributed by atoms with van der Waals surface area (Å²) in [5.41, 5.74) is 5.77. The van der Waals surface area contributed by atoms with E-state index in [1.807, 2.05) is 31.2 Å². The number of nitrogens with one attached hydrogen (secondary N) is 2. The molecule has 2 N–H and O–H groups in total. The molecule has 0 atom stereocenters. The molecule has 140 valence electrons. The first kappa shape index (κ1) is 19.0. The zero-order valence-electron chi connectivity index (χ0n) is 15.4. The van der Waals surface area contributed by atoms with Crippen LogP contribution in [-0.2, 0) is 0 Å². The first-order valence-electron chi connectivity index (χ1n) is 8.69. The number of anilines is 1. The number of ether oxygens (including phenoxy) is 1. The fraction of sp³-hybridized carbons (Fsp3) is 0.250. The summed E-state index contributed by atoms with van der Waals surface area (Å²) in [5, 5.41) is 8.48. The highest BCUT2D eigenvalue weighted by Crippen LogP contribution is 2.17. The summed E-state index contributed by atoms with van der Waals surface area (Å²) in [4.78, 5) is 16.6. The van der Waals surface area contributed by atoms with E-state index < -0.39 is 0 Å². The molecule has 0 bridgehead atoms. The summed E-state index contributed by atoms with van der Waals surface area (Å²) >= 11 is 1.74. The van der Waals surface area contributed by atoms with E-state index in [0.29, 0.717) is 11.3 Å². The summed E-state index contributed by atoms with van der Waals surface area (Å²) in [6, 6.07) is 14.8. The minimum absolute atomic E-state index is 0.261. The van der Waals surface area contributed by atoms with Crippen LogP contribution in [0, 0.1) is 0 Å². The number of aliphatic imine (C=N–C) groups is 1. The molecule has 2 aromatic carbocycles. The molecule has 1 aliphatic rings. The molecule has 1 heterocycles. The maximum atomic E-state index is 12.2. The number of amidine groups is 1. The number of nitrogens with zero attached hydrogens (tertiary/aromatic N) is 2. The van der Waals surface area contributed by atoms with Crippen molar-refractivity contribution in [3.63, 3.8) is 0 Å². The monoisotopic (exact) mass is 382 g/mol. The number of benzene rings is 2. The van der Waals surface area contributed by atoms with Crippen molar-refractivity contribution >= 4 is 34.2 Å². The van der Waals surface area contributed by atoms with Gasteiger partial charge < -0.3 is 10.1 Å². The molecule has 7 heteroatoms. The molecule has 2 aromatic rings. The van der Waals surface area contributed by atoms with E-state index >= 15 is 0 Å². The van der Waals surface area contributed by atoms with Crippen molar-refractivity contribution in [3.8, 4) is 5.75 Å². The van der Waals surface area contributed by atoms with Gasteiger partial charge in [0.25, 0.3) is 5.91 Å². The molecule has 0 fully saturated rings. The number of rotatable bonds is 5. The number of hydrogen-bond acceptors (Lipinski definition) is 6. The van der Waals surface area contributed by atoms with Crippen LogP contribution in [0.4, 0.5) is 5.69 Å². The molecular weight excluding hydrogens is 360 g/mol. The second-order valence-corrected chi connectivity index (χ2v) is 7.04. The van der Waals surface area contributed by atoms with Crippen molar-refractivity contribution in [1.82, 2.24) is 5.43 Å². The van der Waals surface area contributed by atoms with Crippen LogP contribution in [-0.4, -0.2) is 36.2 Å². The Morgan fingerprint density at radius 1 is 1.11 bits per heavy atom. The molecule has 1 aliphatic heterocycles. The van der Waals surface area contributed by atoms with Crippen LogP contribution >= 0.6 is 11.8 Å². The molecule has 0 aromatic heterocycles. The largest absolute Gasteiger partial charge is 0.497 e. The minimum Gasteiger partial charge on any atom is -0.497 e. The topological polar surface area (TPSA) is 75.1 Å². The highest BCUT2D eigenvalue weighted by molar-refractivity contribution is 8.14. The lowest BCUT2D eigenvalue weighted by atomic mass is 10.1. The normalized spacial score (nSPS) is 14.3. The fourth-order valence-corrected chi connectivity index (χ4v) is 3.30. The highest BCUT2D eigenvalue weighted by atomic mass is 32.2. The average molecular weight is 382 g/mol.